The summed E-state index contributed by atoms with van der Waals surface area (Å²) >= 11 is 0. The molecule has 1 aliphatic rings. The van der Waals surface area contributed by atoms with Gasteiger partial charge in [0.25, 0.3) is 0 Å². The minimum Gasteiger partial charge on any atom is -0.480 e. The van der Waals surface area contributed by atoms with Gasteiger partial charge in [-0.1, -0.05) is 79.7 Å². The van der Waals surface area contributed by atoms with Gasteiger partial charge in [-0.3, -0.25) is 0 Å². The number of nitrogens with one attached hydrogen (secondary N) is 1. The molecule has 0 bridgehead atoms. The molecular weight excluding hydrogens is 390 g/mol. The van der Waals surface area contributed by atoms with E-state index < -0.39 is 18.1 Å². The Hall–Kier alpha value is -3.60. The van der Waals surface area contributed by atoms with Gasteiger partial charge in [-0.25, -0.2) is 9.59 Å². The third-order valence-corrected chi connectivity index (χ3v) is 5.86. The van der Waals surface area contributed by atoms with Gasteiger partial charge in [-0.05, 0) is 39.8 Å². The average molecular weight is 415 g/mol. The number of ether oxygens (including phenoxy) is 1. The van der Waals surface area contributed by atoms with Gasteiger partial charge < -0.3 is 15.2 Å². The molecule has 1 unspecified atom stereocenters. The summed E-state index contributed by atoms with van der Waals surface area (Å²) in [5.41, 5.74) is 6.50. The third-order valence-electron chi connectivity index (χ3n) is 5.86. The Bertz CT molecular complexity index is 1060. The summed E-state index contributed by atoms with van der Waals surface area (Å²) < 4.78 is 5.50. The molecule has 31 heavy (non-hydrogen) atoms. The number of amides is 1. The number of fused-ring (bicyclic) bond motifs is 3. The fourth-order valence-electron chi connectivity index (χ4n) is 4.30. The van der Waals surface area contributed by atoms with Crippen LogP contribution in [0.5, 0.6) is 0 Å². The van der Waals surface area contributed by atoms with Crippen LogP contribution in [0.2, 0.25) is 0 Å². The number of hydrogen-bond donors (Lipinski definition) is 2. The maximum absolute atomic E-state index is 12.5. The zero-order valence-corrected chi connectivity index (χ0v) is 17.4. The van der Waals surface area contributed by atoms with Crippen molar-refractivity contribution in [2.24, 2.45) is 0 Å². The summed E-state index contributed by atoms with van der Waals surface area (Å²) in [6.07, 6.45) is 0.292. The van der Waals surface area contributed by atoms with Gasteiger partial charge in [0, 0.05) is 12.3 Å². The smallest absolute Gasteiger partial charge is 0.407 e. The Morgan fingerprint density at radius 3 is 2.03 bits per heavy atom. The average Bonchev–Trinajstić information content (AvgIpc) is 3.11. The maximum atomic E-state index is 12.5. The Balaban J connectivity index is 1.44. The SMILES string of the molecule is CCc1ccccc1CC(NC(=O)OCC1c2ccccc2-c2ccccc21)C(=O)O. The van der Waals surface area contributed by atoms with Crippen LogP contribution in [0.25, 0.3) is 11.1 Å². The fraction of sp³-hybridized carbons (Fsp3) is 0.231. The molecule has 0 aliphatic heterocycles. The molecule has 0 heterocycles. The van der Waals surface area contributed by atoms with E-state index in [0.717, 1.165) is 39.8 Å². The first kappa shape index (κ1) is 20.7. The quantitative estimate of drug-likeness (QED) is 0.582. The largest absolute Gasteiger partial charge is 0.480 e. The lowest BCUT2D eigenvalue weighted by atomic mass is 9.98. The molecule has 0 aromatic heterocycles. The molecule has 1 aliphatic carbocycles. The first-order valence-corrected chi connectivity index (χ1v) is 10.5. The third kappa shape index (κ3) is 4.31. The van der Waals surface area contributed by atoms with Crippen LogP contribution in [-0.2, 0) is 22.4 Å². The van der Waals surface area contributed by atoms with Gasteiger partial charge >= 0.3 is 12.1 Å². The van der Waals surface area contributed by atoms with Gasteiger partial charge in [-0.2, -0.15) is 0 Å². The van der Waals surface area contributed by atoms with Crippen molar-refractivity contribution in [1.82, 2.24) is 5.32 Å². The van der Waals surface area contributed by atoms with Crippen molar-refractivity contribution in [2.75, 3.05) is 6.61 Å². The van der Waals surface area contributed by atoms with Gasteiger partial charge in [-0.15, -0.1) is 0 Å². The van der Waals surface area contributed by atoms with E-state index in [0.29, 0.717) is 0 Å². The first-order chi connectivity index (χ1) is 15.1. The van der Waals surface area contributed by atoms with Crippen LogP contribution in [-0.4, -0.2) is 29.8 Å². The molecule has 0 spiro atoms. The molecule has 5 heteroatoms. The van der Waals surface area contributed by atoms with E-state index in [2.05, 4.69) is 17.4 Å². The van der Waals surface area contributed by atoms with Crippen LogP contribution in [0, 0.1) is 0 Å². The van der Waals surface area contributed by atoms with Gasteiger partial charge in [0.1, 0.15) is 12.6 Å². The van der Waals surface area contributed by atoms with Crippen molar-refractivity contribution in [3.8, 4) is 11.1 Å². The second-order valence-electron chi connectivity index (χ2n) is 7.69. The number of alkyl carbamates (subject to hydrolysis) is 1. The van der Waals surface area contributed by atoms with Crippen LogP contribution >= 0.6 is 0 Å². The van der Waals surface area contributed by atoms with Crippen LogP contribution in [0.4, 0.5) is 4.79 Å². The van der Waals surface area contributed by atoms with Crippen LogP contribution in [0.1, 0.15) is 35.1 Å². The van der Waals surface area contributed by atoms with Crippen molar-refractivity contribution in [3.05, 3.63) is 95.1 Å². The number of carboxylic acids is 1. The lowest BCUT2D eigenvalue weighted by Crippen LogP contribution is -2.43. The van der Waals surface area contributed by atoms with Crippen molar-refractivity contribution < 1.29 is 19.4 Å². The molecular formula is C26H25NO4. The van der Waals surface area contributed by atoms with E-state index in [9.17, 15) is 14.7 Å². The number of benzene rings is 3. The number of carbonyl (C=O) groups is 2. The zero-order chi connectivity index (χ0) is 21.8. The molecule has 1 amide bonds. The molecule has 0 saturated carbocycles. The minimum atomic E-state index is -1.08. The van der Waals surface area contributed by atoms with Crippen molar-refractivity contribution in [2.45, 2.75) is 31.7 Å². The fourth-order valence-corrected chi connectivity index (χ4v) is 4.30. The monoisotopic (exact) mass is 415 g/mol. The zero-order valence-electron chi connectivity index (χ0n) is 17.4. The highest BCUT2D eigenvalue weighted by Crippen LogP contribution is 2.44. The van der Waals surface area contributed by atoms with E-state index in [-0.39, 0.29) is 18.9 Å². The molecule has 0 fully saturated rings. The van der Waals surface area contributed by atoms with E-state index >= 15 is 0 Å². The predicted octanol–water partition coefficient (Wildman–Crippen LogP) is 4.78. The van der Waals surface area contributed by atoms with E-state index in [1.807, 2.05) is 67.6 Å². The highest BCUT2D eigenvalue weighted by Gasteiger charge is 2.29. The van der Waals surface area contributed by atoms with E-state index in [4.69, 9.17) is 4.74 Å². The summed E-state index contributed by atoms with van der Waals surface area (Å²) in [5.74, 6) is -1.15. The molecule has 4 rings (SSSR count). The van der Waals surface area contributed by atoms with Gasteiger partial charge in [0.05, 0.1) is 0 Å². The Labute approximate surface area is 181 Å². The van der Waals surface area contributed by atoms with E-state index in [1.165, 1.54) is 0 Å². The number of aryl methyl sites for hydroxylation is 1. The standard InChI is InChI=1S/C26H25NO4/c1-2-17-9-3-4-10-18(17)15-24(25(28)29)27-26(30)31-16-23-21-13-7-5-11-19(21)20-12-6-8-14-22(20)23/h3-14,23-24H,2,15-16H2,1H3,(H,27,30)(H,28,29). The second-order valence-corrected chi connectivity index (χ2v) is 7.69. The molecule has 2 N–H and O–H groups in total. The van der Waals surface area contributed by atoms with Crippen molar-refractivity contribution in [1.29, 1.82) is 0 Å². The normalized spacial score (nSPS) is 13.2. The molecule has 0 radical (unpaired) electrons. The molecule has 3 aromatic rings. The minimum absolute atomic E-state index is 0.0674. The Morgan fingerprint density at radius 2 is 1.45 bits per heavy atom. The Morgan fingerprint density at radius 1 is 0.903 bits per heavy atom. The number of rotatable bonds is 7. The molecule has 158 valence electrons. The lowest BCUT2D eigenvalue weighted by Gasteiger charge is -2.18. The summed E-state index contributed by atoms with van der Waals surface area (Å²) in [7, 11) is 0. The van der Waals surface area contributed by atoms with Crippen molar-refractivity contribution >= 4 is 12.1 Å². The first-order valence-electron chi connectivity index (χ1n) is 10.5. The molecule has 0 saturated heterocycles. The van der Waals surface area contributed by atoms with Crippen molar-refractivity contribution in [3.63, 3.8) is 0 Å². The molecule has 5 nitrogen and oxygen atoms in total. The Kier molecular flexibility index (Phi) is 6.03. The topological polar surface area (TPSA) is 75.6 Å². The highest BCUT2D eigenvalue weighted by atomic mass is 16.5. The van der Waals surface area contributed by atoms with Gasteiger partial charge in [0.2, 0.25) is 0 Å². The highest BCUT2D eigenvalue weighted by molar-refractivity contribution is 5.81. The number of carbonyl (C=O) groups excluding carboxylic acids is 1. The summed E-state index contributed by atoms with van der Waals surface area (Å²) in [6, 6.07) is 22.8. The number of hydrogen-bond acceptors (Lipinski definition) is 3. The second kappa shape index (κ2) is 9.04. The molecule has 1 atom stereocenters. The summed E-state index contributed by atoms with van der Waals surface area (Å²) in [6.45, 7) is 2.17. The lowest BCUT2D eigenvalue weighted by molar-refractivity contribution is -0.139. The van der Waals surface area contributed by atoms with Crippen LogP contribution in [0.15, 0.2) is 72.8 Å². The number of carboxylic acid groups (broad SMARTS) is 1. The maximum Gasteiger partial charge on any atom is 0.407 e. The predicted molar refractivity (Wildman–Crippen MR) is 119 cm³/mol. The summed E-state index contributed by atoms with van der Waals surface area (Å²) in [5, 5.41) is 12.1. The summed E-state index contributed by atoms with van der Waals surface area (Å²) in [4.78, 5) is 24.2. The molecule has 3 aromatic carbocycles. The van der Waals surface area contributed by atoms with E-state index in [1.54, 1.807) is 0 Å². The van der Waals surface area contributed by atoms with Crippen LogP contribution in [0.3, 0.4) is 0 Å². The van der Waals surface area contributed by atoms with Gasteiger partial charge in [0.15, 0.2) is 0 Å². The van der Waals surface area contributed by atoms with Crippen LogP contribution < -0.4 is 5.32 Å². The number of aliphatic carboxylic acids is 1.